The van der Waals surface area contributed by atoms with Gasteiger partial charge in [-0.2, -0.15) is 0 Å². The molecule has 3 heteroatoms. The van der Waals surface area contributed by atoms with Crippen LogP contribution in [0.1, 0.15) is 17.0 Å². The van der Waals surface area contributed by atoms with Gasteiger partial charge in [0.05, 0.1) is 17.4 Å². The van der Waals surface area contributed by atoms with E-state index in [4.69, 9.17) is 0 Å². The molecule has 314 valence electrons. The highest BCUT2D eigenvalue weighted by atomic mass is 15.2. The number of para-hydroxylation sites is 1. The predicted octanol–water partition coefficient (Wildman–Crippen LogP) is 17.3. The zero-order valence-corrected chi connectivity index (χ0v) is 36.7. The Morgan fingerprint density at radius 1 is 0.394 bits per heavy atom. The van der Waals surface area contributed by atoms with Crippen LogP contribution in [0, 0.1) is 6.92 Å². The Kier molecular flexibility index (Phi) is 9.87. The van der Waals surface area contributed by atoms with Crippen LogP contribution in [0.25, 0.3) is 43.8 Å². The second kappa shape index (κ2) is 16.6. The first-order valence-electron chi connectivity index (χ1n) is 22.9. The van der Waals surface area contributed by atoms with Crippen molar-refractivity contribution in [3.05, 3.63) is 266 Å². The number of anilines is 8. The maximum Gasteiger partial charge on any atom is 0.0629 e. The van der Waals surface area contributed by atoms with E-state index in [9.17, 15) is 0 Å². The first-order valence-corrected chi connectivity index (χ1v) is 22.9. The molecule has 0 saturated carbocycles. The summed E-state index contributed by atoms with van der Waals surface area (Å²) in [6.07, 6.45) is 9.10. The van der Waals surface area contributed by atoms with E-state index in [2.05, 4.69) is 276 Å². The lowest BCUT2D eigenvalue weighted by Crippen LogP contribution is -2.28. The fourth-order valence-electron chi connectivity index (χ4n) is 10.3. The number of rotatable bonds is 9. The van der Waals surface area contributed by atoms with Gasteiger partial charge in [0.1, 0.15) is 0 Å². The van der Waals surface area contributed by atoms with Gasteiger partial charge < -0.3 is 14.7 Å². The van der Waals surface area contributed by atoms with Crippen molar-refractivity contribution in [2.24, 2.45) is 0 Å². The summed E-state index contributed by atoms with van der Waals surface area (Å²) in [7, 11) is 0. The summed E-state index contributed by atoms with van der Waals surface area (Å²) in [6, 6.07) is 84.4. The summed E-state index contributed by atoms with van der Waals surface area (Å²) in [5.41, 5.74) is 16.6. The van der Waals surface area contributed by atoms with Crippen molar-refractivity contribution in [1.29, 1.82) is 0 Å². The van der Waals surface area contributed by atoms with E-state index in [0.29, 0.717) is 0 Å². The summed E-state index contributed by atoms with van der Waals surface area (Å²) in [6.45, 7) is 2.16. The molecule has 0 bridgehead atoms. The minimum atomic E-state index is 0.223. The lowest BCUT2D eigenvalue weighted by Gasteiger charge is -2.29. The molecule has 0 amide bonds. The van der Waals surface area contributed by atoms with Crippen LogP contribution in [-0.2, 0) is 0 Å². The Morgan fingerprint density at radius 3 is 1.68 bits per heavy atom. The number of nitrogens with zero attached hydrogens (tertiary/aromatic N) is 3. The Balaban J connectivity index is 0.951. The van der Waals surface area contributed by atoms with E-state index < -0.39 is 0 Å². The first kappa shape index (κ1) is 39.2. The fraction of sp³-hybridized carbons (Fsp3) is 0.0476. The molecule has 1 heterocycles. The van der Waals surface area contributed by atoms with Gasteiger partial charge in [-0.1, -0.05) is 182 Å². The van der Waals surface area contributed by atoms with E-state index >= 15 is 0 Å². The molecule has 66 heavy (non-hydrogen) atoms. The van der Waals surface area contributed by atoms with E-state index in [1.165, 1.54) is 66.3 Å². The number of benzene rings is 10. The number of aryl methyl sites for hydroxylation is 1. The lowest BCUT2D eigenvalue weighted by molar-refractivity contribution is 0.745. The van der Waals surface area contributed by atoms with Crippen LogP contribution in [0.5, 0.6) is 0 Å². The van der Waals surface area contributed by atoms with Crippen molar-refractivity contribution in [3.8, 4) is 22.3 Å². The molecule has 0 fully saturated rings. The highest BCUT2D eigenvalue weighted by Crippen LogP contribution is 2.51. The monoisotopic (exact) mass is 845 g/mol. The molecule has 0 spiro atoms. The Morgan fingerprint density at radius 2 is 0.939 bits per heavy atom. The van der Waals surface area contributed by atoms with Crippen LogP contribution in [-0.4, -0.2) is 6.04 Å². The third-order valence-electron chi connectivity index (χ3n) is 13.4. The first-order chi connectivity index (χ1) is 32.7. The molecule has 1 aliphatic carbocycles. The van der Waals surface area contributed by atoms with Crippen molar-refractivity contribution < 1.29 is 0 Å². The average Bonchev–Trinajstić information content (AvgIpc) is 3.72. The average molecular weight is 846 g/mol. The highest BCUT2D eigenvalue weighted by Gasteiger charge is 2.38. The molecule has 10 aromatic rings. The topological polar surface area (TPSA) is 9.72 Å². The molecule has 12 rings (SSSR count). The van der Waals surface area contributed by atoms with Gasteiger partial charge in [-0.15, -0.1) is 0 Å². The molecule has 0 N–H and O–H groups in total. The highest BCUT2D eigenvalue weighted by molar-refractivity contribution is 6.07. The molecule has 2 aliphatic rings. The lowest BCUT2D eigenvalue weighted by atomic mass is 9.91. The van der Waals surface area contributed by atoms with Crippen molar-refractivity contribution in [2.45, 2.75) is 18.9 Å². The molecule has 2 atom stereocenters. The molecular formula is C63H47N3. The predicted molar refractivity (Wildman–Crippen MR) is 280 cm³/mol. The second-order valence-corrected chi connectivity index (χ2v) is 17.4. The Hall–Kier alpha value is -8.40. The van der Waals surface area contributed by atoms with E-state index in [1.54, 1.807) is 0 Å². The standard InChI is InChI=1S/C63H47N3/c1-44-27-33-50(34-28-44)65(53-39-41-63-59(43-53)58-24-12-13-25-61(58)66(63)49-19-6-3-7-20-49)62-42-40-54(56-22-10-11-23-57(56)62)48-31-37-52(38-32-48)64(60-26-14-18-47-17-8-9-21-55(47)60)51-35-29-46(30-36-51)45-15-4-2-5-16-45/h2-43,58,61H,1H3. The minimum absolute atomic E-state index is 0.223. The van der Waals surface area contributed by atoms with Crippen LogP contribution < -0.4 is 14.7 Å². The van der Waals surface area contributed by atoms with Gasteiger partial charge >= 0.3 is 0 Å². The van der Waals surface area contributed by atoms with Crippen LogP contribution in [0.3, 0.4) is 0 Å². The van der Waals surface area contributed by atoms with Gasteiger partial charge in [-0.05, 0) is 124 Å². The molecule has 0 radical (unpaired) electrons. The van der Waals surface area contributed by atoms with Crippen LogP contribution in [0.2, 0.25) is 0 Å². The fourth-order valence-corrected chi connectivity index (χ4v) is 10.3. The van der Waals surface area contributed by atoms with E-state index in [0.717, 1.165) is 34.1 Å². The number of allylic oxidation sites excluding steroid dienone is 2. The number of fused-ring (bicyclic) bond motifs is 5. The second-order valence-electron chi connectivity index (χ2n) is 17.4. The molecule has 0 aromatic heterocycles. The van der Waals surface area contributed by atoms with E-state index in [-0.39, 0.29) is 12.0 Å². The summed E-state index contributed by atoms with van der Waals surface area (Å²) >= 11 is 0. The summed E-state index contributed by atoms with van der Waals surface area (Å²) < 4.78 is 0. The summed E-state index contributed by atoms with van der Waals surface area (Å²) in [4.78, 5) is 7.33. The van der Waals surface area contributed by atoms with Gasteiger partial charge in [-0.3, -0.25) is 0 Å². The molecule has 10 aromatic carbocycles. The largest absolute Gasteiger partial charge is 0.333 e. The SMILES string of the molecule is Cc1ccc(N(c2ccc3c(c2)C2C=CC=CC2N3c2ccccc2)c2ccc(-c3ccc(N(c4ccc(-c5ccccc5)cc4)c4cccc5ccccc45)cc3)c3ccccc23)cc1. The third kappa shape index (κ3) is 6.93. The van der Waals surface area contributed by atoms with Crippen molar-refractivity contribution >= 4 is 67.0 Å². The molecule has 2 unspecified atom stereocenters. The molecule has 0 saturated heterocycles. The van der Waals surface area contributed by atoms with Crippen LogP contribution >= 0.6 is 0 Å². The van der Waals surface area contributed by atoms with Gasteiger partial charge in [0, 0.05) is 50.8 Å². The maximum atomic E-state index is 2.50. The van der Waals surface area contributed by atoms with Crippen LogP contribution in [0.15, 0.2) is 255 Å². The maximum absolute atomic E-state index is 2.50. The van der Waals surface area contributed by atoms with Crippen molar-refractivity contribution in [1.82, 2.24) is 0 Å². The van der Waals surface area contributed by atoms with Crippen molar-refractivity contribution in [3.63, 3.8) is 0 Å². The van der Waals surface area contributed by atoms with Gasteiger partial charge in [0.2, 0.25) is 0 Å². The van der Waals surface area contributed by atoms with E-state index in [1.807, 2.05) is 0 Å². The molecule has 1 aliphatic heterocycles. The summed E-state index contributed by atoms with van der Waals surface area (Å²) in [5, 5.41) is 4.82. The Labute approximate surface area is 387 Å². The smallest absolute Gasteiger partial charge is 0.0629 e. The quantitative estimate of drug-likeness (QED) is 0.143. The van der Waals surface area contributed by atoms with Gasteiger partial charge in [0.15, 0.2) is 0 Å². The summed E-state index contributed by atoms with van der Waals surface area (Å²) in [5.74, 6) is 0.248. The van der Waals surface area contributed by atoms with Gasteiger partial charge in [0.25, 0.3) is 0 Å². The molecule has 3 nitrogen and oxygen atoms in total. The Bertz CT molecular complexity index is 3420. The zero-order valence-electron chi connectivity index (χ0n) is 36.7. The van der Waals surface area contributed by atoms with Crippen LogP contribution in [0.4, 0.5) is 45.5 Å². The van der Waals surface area contributed by atoms with Crippen molar-refractivity contribution in [2.75, 3.05) is 14.7 Å². The minimum Gasteiger partial charge on any atom is -0.333 e. The van der Waals surface area contributed by atoms with Gasteiger partial charge in [-0.25, -0.2) is 0 Å². The third-order valence-corrected chi connectivity index (χ3v) is 13.4. The normalized spacial score (nSPS) is 14.9. The zero-order chi connectivity index (χ0) is 44.0. The molecular weight excluding hydrogens is 799 g/mol. The number of hydrogen-bond acceptors (Lipinski definition) is 3. The number of hydrogen-bond donors (Lipinski definition) is 0.